The van der Waals surface area contributed by atoms with Crippen LogP contribution in [0.4, 0.5) is 5.69 Å². The van der Waals surface area contributed by atoms with Crippen molar-refractivity contribution in [3.05, 3.63) is 65.0 Å². The third-order valence-corrected chi connectivity index (χ3v) is 6.75. The van der Waals surface area contributed by atoms with E-state index in [0.29, 0.717) is 6.04 Å². The molecule has 0 bridgehead atoms. The summed E-state index contributed by atoms with van der Waals surface area (Å²) in [7, 11) is 4.60. The number of carbonyl (C=O) groups is 1. The van der Waals surface area contributed by atoms with Crippen LogP contribution in [0.25, 0.3) is 10.1 Å². The topological polar surface area (TPSA) is 38.3 Å². The van der Waals surface area contributed by atoms with E-state index in [4.69, 9.17) is 4.74 Å². The molecule has 2 aromatic carbocycles. The zero-order valence-electron chi connectivity index (χ0n) is 16.9. The van der Waals surface area contributed by atoms with Crippen LogP contribution in [0, 0.1) is 0 Å². The number of rotatable bonds is 5. The van der Waals surface area contributed by atoms with E-state index >= 15 is 0 Å². The van der Waals surface area contributed by atoms with E-state index in [1.807, 2.05) is 42.5 Å². The van der Waals surface area contributed by atoms with Gasteiger partial charge in [-0.15, -0.1) is 11.3 Å². The first-order chi connectivity index (χ1) is 13.5. The third kappa shape index (κ3) is 5.17. The molecule has 1 aliphatic heterocycles. The number of nitrogens with zero attached hydrogens (tertiary/aromatic N) is 1. The monoisotopic (exact) mass is 430 g/mol. The Morgan fingerprint density at radius 2 is 1.79 bits per heavy atom. The SMILES string of the molecule is C[N+](C)(Cc1ccc(NC(=O)c2cc3ccccc3s2)cc1)C1CCOCC1.[Cl-]. The van der Waals surface area contributed by atoms with Crippen LogP contribution in [-0.4, -0.2) is 43.7 Å². The number of benzene rings is 2. The molecule has 4 nitrogen and oxygen atoms in total. The summed E-state index contributed by atoms with van der Waals surface area (Å²) in [5.41, 5.74) is 2.12. The van der Waals surface area contributed by atoms with Gasteiger partial charge in [-0.05, 0) is 29.7 Å². The van der Waals surface area contributed by atoms with Crippen LogP contribution in [0.1, 0.15) is 28.1 Å². The fourth-order valence-electron chi connectivity index (χ4n) is 3.96. The quantitative estimate of drug-likeness (QED) is 0.628. The number of fused-ring (bicyclic) bond motifs is 1. The number of amides is 1. The van der Waals surface area contributed by atoms with Crippen molar-refractivity contribution in [1.29, 1.82) is 0 Å². The average molecular weight is 431 g/mol. The molecule has 1 N–H and O–H groups in total. The highest BCUT2D eigenvalue weighted by Crippen LogP contribution is 2.26. The van der Waals surface area contributed by atoms with Crippen molar-refractivity contribution >= 4 is 33.0 Å². The Morgan fingerprint density at radius 1 is 1.10 bits per heavy atom. The van der Waals surface area contributed by atoms with Crippen LogP contribution in [0.3, 0.4) is 0 Å². The van der Waals surface area contributed by atoms with Gasteiger partial charge in [0.15, 0.2) is 0 Å². The molecule has 2 heterocycles. The van der Waals surface area contributed by atoms with Crippen molar-refractivity contribution in [3.63, 3.8) is 0 Å². The van der Waals surface area contributed by atoms with Crippen LogP contribution in [0.2, 0.25) is 0 Å². The summed E-state index contributed by atoms with van der Waals surface area (Å²) >= 11 is 1.53. The summed E-state index contributed by atoms with van der Waals surface area (Å²) in [4.78, 5) is 13.3. The van der Waals surface area contributed by atoms with E-state index in [1.165, 1.54) is 16.9 Å². The van der Waals surface area contributed by atoms with Gasteiger partial charge < -0.3 is 26.9 Å². The molecule has 1 aliphatic rings. The van der Waals surface area contributed by atoms with Gasteiger partial charge in [0, 0.05) is 28.8 Å². The minimum atomic E-state index is -0.0488. The van der Waals surface area contributed by atoms with E-state index in [-0.39, 0.29) is 18.3 Å². The van der Waals surface area contributed by atoms with Crippen LogP contribution in [0.5, 0.6) is 0 Å². The average Bonchev–Trinajstić information content (AvgIpc) is 3.14. The molecule has 1 amide bonds. The Bertz CT molecular complexity index is 929. The molecule has 1 fully saturated rings. The molecule has 154 valence electrons. The van der Waals surface area contributed by atoms with Gasteiger partial charge in [0.25, 0.3) is 5.91 Å². The molecular weight excluding hydrogens is 404 g/mol. The van der Waals surface area contributed by atoms with Crippen molar-refractivity contribution in [1.82, 2.24) is 0 Å². The molecule has 0 aliphatic carbocycles. The lowest BCUT2D eigenvalue weighted by Gasteiger charge is -2.40. The lowest BCUT2D eigenvalue weighted by atomic mass is 10.0. The maximum Gasteiger partial charge on any atom is 0.265 e. The van der Waals surface area contributed by atoms with Crippen LogP contribution >= 0.6 is 11.3 Å². The lowest BCUT2D eigenvalue weighted by Crippen LogP contribution is -3.00. The Morgan fingerprint density at radius 3 is 2.48 bits per heavy atom. The normalized spacial score (nSPS) is 15.1. The molecule has 0 unspecified atom stereocenters. The molecule has 3 aromatic rings. The highest BCUT2D eigenvalue weighted by Gasteiger charge is 2.30. The van der Waals surface area contributed by atoms with E-state index < -0.39 is 0 Å². The van der Waals surface area contributed by atoms with Gasteiger partial charge in [-0.2, -0.15) is 0 Å². The summed E-state index contributed by atoms with van der Waals surface area (Å²) in [6.07, 6.45) is 2.24. The molecule has 0 spiro atoms. The molecule has 0 saturated carbocycles. The van der Waals surface area contributed by atoms with E-state index in [2.05, 4.69) is 31.5 Å². The first-order valence-corrected chi connectivity index (χ1v) is 10.6. The van der Waals surface area contributed by atoms with E-state index in [1.54, 1.807) is 0 Å². The zero-order chi connectivity index (χ0) is 19.6. The fraction of sp³-hybridized carbons (Fsp3) is 0.348. The highest BCUT2D eigenvalue weighted by atomic mass is 35.5. The third-order valence-electron chi connectivity index (χ3n) is 5.63. The maximum absolute atomic E-state index is 12.6. The van der Waals surface area contributed by atoms with Crippen molar-refractivity contribution < 1.29 is 26.4 Å². The zero-order valence-corrected chi connectivity index (χ0v) is 18.4. The number of carbonyl (C=O) groups excluding carboxylic acids is 1. The number of anilines is 1. The first-order valence-electron chi connectivity index (χ1n) is 9.80. The molecule has 1 saturated heterocycles. The summed E-state index contributed by atoms with van der Waals surface area (Å²) in [6, 6.07) is 18.9. The second kappa shape index (κ2) is 9.26. The predicted octanol–water partition coefficient (Wildman–Crippen LogP) is 1.91. The van der Waals surface area contributed by atoms with Gasteiger partial charge in [-0.1, -0.05) is 30.3 Å². The second-order valence-corrected chi connectivity index (χ2v) is 9.16. The smallest absolute Gasteiger partial charge is 0.265 e. The number of quaternary nitrogens is 1. The van der Waals surface area contributed by atoms with Crippen molar-refractivity contribution in [2.24, 2.45) is 0 Å². The van der Waals surface area contributed by atoms with Gasteiger partial charge in [0.05, 0.1) is 38.2 Å². The van der Waals surface area contributed by atoms with Gasteiger partial charge >= 0.3 is 0 Å². The van der Waals surface area contributed by atoms with Crippen LogP contribution in [0.15, 0.2) is 54.6 Å². The molecular formula is C23H27ClN2O2S. The van der Waals surface area contributed by atoms with Crippen LogP contribution < -0.4 is 17.7 Å². The molecule has 4 rings (SSSR count). The minimum absolute atomic E-state index is 0. The highest BCUT2D eigenvalue weighted by molar-refractivity contribution is 7.20. The standard InChI is InChI=1S/C23H26N2O2S.ClH/c1-25(2,20-11-13-27-14-12-20)16-17-7-9-19(10-8-17)24-23(26)22-15-18-5-3-4-6-21(18)28-22;/h3-10,15,20H,11-14,16H2,1-2H3;1H. The van der Waals surface area contributed by atoms with E-state index in [0.717, 1.165) is 57.7 Å². The fourth-order valence-corrected chi connectivity index (χ4v) is 4.92. The Hall–Kier alpha value is -1.92. The number of nitrogens with one attached hydrogen (secondary N) is 1. The molecule has 1 aromatic heterocycles. The van der Waals surface area contributed by atoms with E-state index in [9.17, 15) is 4.79 Å². The number of hydrogen-bond acceptors (Lipinski definition) is 3. The second-order valence-electron chi connectivity index (χ2n) is 8.08. The Balaban J connectivity index is 0.00000240. The van der Waals surface area contributed by atoms with Crippen molar-refractivity contribution in [2.45, 2.75) is 25.4 Å². The number of hydrogen-bond donors (Lipinski definition) is 1. The number of thiophene rings is 1. The summed E-state index contributed by atoms with van der Waals surface area (Å²) in [6.45, 7) is 2.72. The molecule has 6 heteroatoms. The molecule has 0 atom stereocenters. The van der Waals surface area contributed by atoms with Gasteiger partial charge in [-0.25, -0.2) is 0 Å². The summed E-state index contributed by atoms with van der Waals surface area (Å²) in [5.74, 6) is -0.0488. The minimum Gasteiger partial charge on any atom is -1.00 e. The lowest BCUT2D eigenvalue weighted by molar-refractivity contribution is -0.929. The first kappa shape index (κ1) is 21.8. The van der Waals surface area contributed by atoms with Gasteiger partial charge in [0.1, 0.15) is 6.54 Å². The maximum atomic E-state index is 12.6. The predicted molar refractivity (Wildman–Crippen MR) is 116 cm³/mol. The Kier molecular flexibility index (Phi) is 6.96. The van der Waals surface area contributed by atoms with Gasteiger partial charge in [-0.3, -0.25) is 4.79 Å². The molecule has 0 radical (unpaired) electrons. The van der Waals surface area contributed by atoms with Gasteiger partial charge in [0.2, 0.25) is 0 Å². The summed E-state index contributed by atoms with van der Waals surface area (Å²) < 4.78 is 7.61. The van der Waals surface area contributed by atoms with Crippen molar-refractivity contribution in [2.75, 3.05) is 32.6 Å². The molecule has 29 heavy (non-hydrogen) atoms. The number of ether oxygens (including phenoxy) is 1. The Labute approximate surface area is 182 Å². The largest absolute Gasteiger partial charge is 1.00 e. The summed E-state index contributed by atoms with van der Waals surface area (Å²) in [5, 5.41) is 4.13. The van der Waals surface area contributed by atoms with Crippen molar-refractivity contribution in [3.8, 4) is 0 Å². The van der Waals surface area contributed by atoms with Crippen LogP contribution in [-0.2, 0) is 11.3 Å². The number of halogens is 1.